The Kier molecular flexibility index (Phi) is 2.50. The second-order valence-corrected chi connectivity index (χ2v) is 4.47. The molecule has 0 saturated heterocycles. The predicted octanol–water partition coefficient (Wildman–Crippen LogP) is 1.84. The topological polar surface area (TPSA) is 51.8 Å². The van der Waals surface area contributed by atoms with E-state index in [0.717, 1.165) is 24.3 Å². The number of nitrogens with zero attached hydrogens (tertiary/aromatic N) is 2. The van der Waals surface area contributed by atoms with Gasteiger partial charge in [-0.2, -0.15) is 0 Å². The number of aromatic nitrogens is 2. The largest absolute Gasteiger partial charge is 0.321 e. The first-order chi connectivity index (χ1) is 6.71. The van der Waals surface area contributed by atoms with Crippen molar-refractivity contribution in [1.29, 1.82) is 0 Å². The molecular weight excluding hydrogens is 174 g/mol. The Morgan fingerprint density at radius 3 is 2.43 bits per heavy atom. The van der Waals surface area contributed by atoms with Crippen LogP contribution in [0.15, 0.2) is 18.7 Å². The molecule has 0 aliphatic heterocycles. The molecule has 0 aromatic carbocycles. The van der Waals surface area contributed by atoms with Crippen LogP contribution >= 0.6 is 0 Å². The first-order valence-electron chi connectivity index (χ1n) is 5.25. The van der Waals surface area contributed by atoms with Gasteiger partial charge in [0.25, 0.3) is 0 Å². The Bertz CT molecular complexity index is 289. The first kappa shape index (κ1) is 9.59. The zero-order valence-electron chi connectivity index (χ0n) is 8.61. The van der Waals surface area contributed by atoms with Gasteiger partial charge in [-0.05, 0) is 31.6 Å². The van der Waals surface area contributed by atoms with Crippen molar-refractivity contribution >= 4 is 0 Å². The van der Waals surface area contributed by atoms with Crippen molar-refractivity contribution in [3.05, 3.63) is 24.3 Å². The fraction of sp³-hybridized carbons (Fsp3) is 0.636. The molecule has 1 aliphatic rings. The Labute approximate surface area is 84.8 Å². The average molecular weight is 191 g/mol. The summed E-state index contributed by atoms with van der Waals surface area (Å²) >= 11 is 0. The summed E-state index contributed by atoms with van der Waals surface area (Å²) in [6, 6.07) is 0. The van der Waals surface area contributed by atoms with E-state index in [2.05, 4.69) is 16.9 Å². The molecule has 14 heavy (non-hydrogen) atoms. The normalized spacial score (nSPS) is 32.9. The molecule has 0 amide bonds. The van der Waals surface area contributed by atoms with Gasteiger partial charge in [0.1, 0.15) is 6.33 Å². The number of hydrogen-bond acceptors (Lipinski definition) is 3. The van der Waals surface area contributed by atoms with Gasteiger partial charge < -0.3 is 5.73 Å². The van der Waals surface area contributed by atoms with Gasteiger partial charge in [0.15, 0.2) is 0 Å². The van der Waals surface area contributed by atoms with E-state index in [1.165, 1.54) is 12.8 Å². The molecule has 1 fully saturated rings. The molecule has 1 heterocycles. The van der Waals surface area contributed by atoms with E-state index in [0.29, 0.717) is 0 Å². The van der Waals surface area contributed by atoms with E-state index in [1.807, 2.05) is 12.4 Å². The highest BCUT2D eigenvalue weighted by Crippen LogP contribution is 2.36. The second-order valence-electron chi connectivity index (χ2n) is 4.47. The molecule has 1 aromatic heterocycles. The maximum Gasteiger partial charge on any atom is 0.115 e. The maximum absolute atomic E-state index is 6.36. The average Bonchev–Trinajstić information content (AvgIpc) is 2.24. The highest BCUT2D eigenvalue weighted by molar-refractivity contribution is 5.17. The van der Waals surface area contributed by atoms with Gasteiger partial charge in [-0.15, -0.1) is 0 Å². The van der Waals surface area contributed by atoms with Crippen LogP contribution in [0.5, 0.6) is 0 Å². The molecule has 76 valence electrons. The molecule has 1 aromatic rings. The number of rotatable bonds is 1. The van der Waals surface area contributed by atoms with Crippen LogP contribution in [0.3, 0.4) is 0 Å². The van der Waals surface area contributed by atoms with Crippen molar-refractivity contribution in [2.45, 2.75) is 38.1 Å². The van der Waals surface area contributed by atoms with Crippen LogP contribution in [-0.2, 0) is 5.54 Å². The summed E-state index contributed by atoms with van der Waals surface area (Å²) in [5.41, 5.74) is 7.28. The second kappa shape index (κ2) is 3.65. The fourth-order valence-corrected chi connectivity index (χ4v) is 2.12. The van der Waals surface area contributed by atoms with Crippen molar-refractivity contribution < 1.29 is 0 Å². The lowest BCUT2D eigenvalue weighted by molar-refractivity contribution is 0.247. The van der Waals surface area contributed by atoms with E-state index in [-0.39, 0.29) is 5.54 Å². The minimum absolute atomic E-state index is 0.173. The third kappa shape index (κ3) is 1.77. The van der Waals surface area contributed by atoms with E-state index >= 15 is 0 Å². The van der Waals surface area contributed by atoms with Crippen molar-refractivity contribution in [1.82, 2.24) is 9.97 Å². The van der Waals surface area contributed by atoms with Gasteiger partial charge in [0.05, 0.1) is 0 Å². The van der Waals surface area contributed by atoms with Crippen molar-refractivity contribution in [3.8, 4) is 0 Å². The van der Waals surface area contributed by atoms with Crippen LogP contribution in [0.2, 0.25) is 0 Å². The molecule has 3 heteroatoms. The van der Waals surface area contributed by atoms with Gasteiger partial charge in [0, 0.05) is 23.5 Å². The molecule has 2 N–H and O–H groups in total. The van der Waals surface area contributed by atoms with Crippen LogP contribution in [0, 0.1) is 5.92 Å². The molecule has 0 bridgehead atoms. The van der Waals surface area contributed by atoms with Crippen molar-refractivity contribution in [2.75, 3.05) is 0 Å². The molecule has 3 nitrogen and oxygen atoms in total. The SMILES string of the molecule is CC1CCC(N)(c2cncnc2)CC1. The van der Waals surface area contributed by atoms with Gasteiger partial charge in [-0.25, -0.2) is 9.97 Å². The monoisotopic (exact) mass is 191 g/mol. The standard InChI is InChI=1S/C11H17N3/c1-9-2-4-11(12,5-3-9)10-6-13-8-14-7-10/h6-9H,2-5,12H2,1H3. The zero-order chi connectivity index (χ0) is 10.0. The van der Waals surface area contributed by atoms with Crippen LogP contribution in [0.1, 0.15) is 38.2 Å². The summed E-state index contributed by atoms with van der Waals surface area (Å²) in [5, 5.41) is 0. The molecule has 1 aliphatic carbocycles. The van der Waals surface area contributed by atoms with E-state index in [4.69, 9.17) is 5.73 Å². The summed E-state index contributed by atoms with van der Waals surface area (Å²) < 4.78 is 0. The maximum atomic E-state index is 6.36. The number of nitrogens with two attached hydrogens (primary N) is 1. The van der Waals surface area contributed by atoms with Crippen LogP contribution in [0.4, 0.5) is 0 Å². The number of hydrogen-bond donors (Lipinski definition) is 1. The molecule has 0 spiro atoms. The summed E-state index contributed by atoms with van der Waals surface area (Å²) in [4.78, 5) is 8.07. The van der Waals surface area contributed by atoms with E-state index in [1.54, 1.807) is 6.33 Å². The van der Waals surface area contributed by atoms with Gasteiger partial charge in [-0.3, -0.25) is 0 Å². The summed E-state index contributed by atoms with van der Waals surface area (Å²) in [7, 11) is 0. The minimum atomic E-state index is -0.173. The smallest absolute Gasteiger partial charge is 0.115 e. The highest BCUT2D eigenvalue weighted by atomic mass is 14.8. The molecule has 0 unspecified atom stereocenters. The Morgan fingerprint density at radius 1 is 1.29 bits per heavy atom. The molecule has 2 rings (SSSR count). The van der Waals surface area contributed by atoms with E-state index < -0.39 is 0 Å². The minimum Gasteiger partial charge on any atom is -0.321 e. The van der Waals surface area contributed by atoms with Crippen LogP contribution in [0.25, 0.3) is 0 Å². The molecule has 1 saturated carbocycles. The Balaban J connectivity index is 2.17. The highest BCUT2D eigenvalue weighted by Gasteiger charge is 2.32. The van der Waals surface area contributed by atoms with Crippen LogP contribution < -0.4 is 5.73 Å². The zero-order valence-corrected chi connectivity index (χ0v) is 8.61. The van der Waals surface area contributed by atoms with Crippen molar-refractivity contribution in [3.63, 3.8) is 0 Å². The van der Waals surface area contributed by atoms with Gasteiger partial charge in [0.2, 0.25) is 0 Å². The lowest BCUT2D eigenvalue weighted by atomic mass is 9.75. The van der Waals surface area contributed by atoms with Crippen molar-refractivity contribution in [2.24, 2.45) is 11.7 Å². The summed E-state index contributed by atoms with van der Waals surface area (Å²) in [5.74, 6) is 0.816. The third-order valence-electron chi connectivity index (χ3n) is 3.30. The summed E-state index contributed by atoms with van der Waals surface area (Å²) in [6.07, 6.45) is 9.80. The first-order valence-corrected chi connectivity index (χ1v) is 5.25. The van der Waals surface area contributed by atoms with Gasteiger partial charge >= 0.3 is 0 Å². The van der Waals surface area contributed by atoms with Gasteiger partial charge in [-0.1, -0.05) is 6.92 Å². The molecule has 0 radical (unpaired) electrons. The lowest BCUT2D eigenvalue weighted by Gasteiger charge is -2.35. The third-order valence-corrected chi connectivity index (χ3v) is 3.30. The van der Waals surface area contributed by atoms with Crippen LogP contribution in [-0.4, -0.2) is 9.97 Å². The quantitative estimate of drug-likeness (QED) is 0.737. The van der Waals surface area contributed by atoms with E-state index in [9.17, 15) is 0 Å². The summed E-state index contributed by atoms with van der Waals surface area (Å²) in [6.45, 7) is 2.29. The fourth-order valence-electron chi connectivity index (χ4n) is 2.12. The molecule has 0 atom stereocenters. The lowest BCUT2D eigenvalue weighted by Crippen LogP contribution is -2.40. The molecular formula is C11H17N3. The Morgan fingerprint density at radius 2 is 1.86 bits per heavy atom. The Hall–Kier alpha value is -0.960. The predicted molar refractivity (Wildman–Crippen MR) is 55.5 cm³/mol.